The lowest BCUT2D eigenvalue weighted by Crippen LogP contribution is -2.16. The topological polar surface area (TPSA) is 59.3 Å². The highest BCUT2D eigenvalue weighted by atomic mass is 16.7. The summed E-state index contributed by atoms with van der Waals surface area (Å²) in [5.74, 6) is 0. The number of unbranched alkanes of at least 4 members (excludes halogenated alkanes) is 5. The quantitative estimate of drug-likeness (QED) is 0.471. The molecule has 0 aliphatic carbocycles. The highest BCUT2D eigenvalue weighted by Gasteiger charge is 2.12. The SMILES string of the molecule is CCCCCCCCC(C#N)OC(=O)OC. The van der Waals surface area contributed by atoms with Crippen LogP contribution >= 0.6 is 0 Å². The average Bonchev–Trinajstić information content (AvgIpc) is 2.31. The summed E-state index contributed by atoms with van der Waals surface area (Å²) in [6, 6.07) is 1.95. The highest BCUT2D eigenvalue weighted by Crippen LogP contribution is 2.10. The fraction of sp³-hybridized carbons (Fsp3) is 0.833. The lowest BCUT2D eigenvalue weighted by atomic mass is 10.1. The maximum atomic E-state index is 10.8. The number of carbonyl (C=O) groups excluding carboxylic acids is 1. The maximum absolute atomic E-state index is 10.8. The second kappa shape index (κ2) is 10.3. The summed E-state index contributed by atoms with van der Waals surface area (Å²) in [6.07, 6.45) is 6.07. The summed E-state index contributed by atoms with van der Waals surface area (Å²) in [5, 5.41) is 8.73. The van der Waals surface area contributed by atoms with Gasteiger partial charge in [0.25, 0.3) is 0 Å². The third kappa shape index (κ3) is 8.10. The molecule has 0 heterocycles. The van der Waals surface area contributed by atoms with Gasteiger partial charge in [-0.2, -0.15) is 5.26 Å². The van der Waals surface area contributed by atoms with Crippen molar-refractivity contribution in [3.8, 4) is 6.07 Å². The minimum atomic E-state index is -0.780. The first kappa shape index (κ1) is 14.8. The van der Waals surface area contributed by atoms with Crippen LogP contribution in [0.3, 0.4) is 0 Å². The fourth-order valence-corrected chi connectivity index (χ4v) is 1.42. The molecule has 0 aromatic carbocycles. The van der Waals surface area contributed by atoms with Gasteiger partial charge in [-0.25, -0.2) is 4.79 Å². The summed E-state index contributed by atoms with van der Waals surface area (Å²) in [4.78, 5) is 10.8. The van der Waals surface area contributed by atoms with Gasteiger partial charge in [-0.3, -0.25) is 0 Å². The van der Waals surface area contributed by atoms with Crippen LogP contribution in [0.25, 0.3) is 0 Å². The zero-order valence-corrected chi connectivity index (χ0v) is 10.2. The van der Waals surface area contributed by atoms with Gasteiger partial charge in [-0.15, -0.1) is 0 Å². The smallest absolute Gasteiger partial charge is 0.438 e. The normalized spacial score (nSPS) is 11.6. The van der Waals surface area contributed by atoms with Gasteiger partial charge >= 0.3 is 6.16 Å². The van der Waals surface area contributed by atoms with E-state index < -0.39 is 12.3 Å². The number of ether oxygens (including phenoxy) is 2. The van der Waals surface area contributed by atoms with Gasteiger partial charge in [0.15, 0.2) is 6.10 Å². The van der Waals surface area contributed by atoms with Gasteiger partial charge < -0.3 is 9.47 Å². The number of rotatable bonds is 8. The molecule has 4 nitrogen and oxygen atoms in total. The van der Waals surface area contributed by atoms with Crippen molar-refractivity contribution in [2.45, 2.75) is 58.0 Å². The van der Waals surface area contributed by atoms with Crippen LogP contribution in [0.5, 0.6) is 0 Å². The maximum Gasteiger partial charge on any atom is 0.509 e. The van der Waals surface area contributed by atoms with E-state index in [4.69, 9.17) is 10.00 Å². The highest BCUT2D eigenvalue weighted by molar-refractivity contribution is 5.60. The molecule has 0 N–H and O–H groups in total. The molecule has 1 atom stereocenters. The Bertz CT molecular complexity index is 223. The van der Waals surface area contributed by atoms with E-state index in [1.54, 1.807) is 0 Å². The van der Waals surface area contributed by atoms with Crippen LogP contribution in [0.1, 0.15) is 51.9 Å². The van der Waals surface area contributed by atoms with E-state index in [9.17, 15) is 4.79 Å². The van der Waals surface area contributed by atoms with Crippen LogP contribution in [0, 0.1) is 11.3 Å². The third-order valence-electron chi connectivity index (χ3n) is 2.37. The Hall–Kier alpha value is -1.24. The minimum Gasteiger partial charge on any atom is -0.438 e. The van der Waals surface area contributed by atoms with Crippen molar-refractivity contribution in [3.05, 3.63) is 0 Å². The summed E-state index contributed by atoms with van der Waals surface area (Å²) >= 11 is 0. The number of methoxy groups -OCH3 is 1. The van der Waals surface area contributed by atoms with E-state index in [0.717, 1.165) is 12.8 Å². The van der Waals surface area contributed by atoms with Crippen molar-refractivity contribution in [1.29, 1.82) is 5.26 Å². The number of nitriles is 1. The van der Waals surface area contributed by atoms with Crippen molar-refractivity contribution >= 4 is 6.16 Å². The molecule has 0 aromatic rings. The van der Waals surface area contributed by atoms with Crippen LogP contribution in [-0.4, -0.2) is 19.4 Å². The van der Waals surface area contributed by atoms with E-state index in [2.05, 4.69) is 11.7 Å². The largest absolute Gasteiger partial charge is 0.509 e. The zero-order valence-electron chi connectivity index (χ0n) is 10.2. The van der Waals surface area contributed by atoms with Gasteiger partial charge in [0.1, 0.15) is 6.07 Å². The number of carbonyl (C=O) groups is 1. The Labute approximate surface area is 97.5 Å². The average molecular weight is 227 g/mol. The molecular formula is C12H21NO3. The molecule has 0 saturated heterocycles. The van der Waals surface area contributed by atoms with Crippen molar-refractivity contribution in [3.63, 3.8) is 0 Å². The molecule has 0 aliphatic rings. The standard InChI is InChI=1S/C12H21NO3/c1-3-4-5-6-7-8-9-11(10-13)16-12(14)15-2/h11H,3-9H2,1-2H3. The molecule has 0 amide bonds. The Balaban J connectivity index is 3.49. The summed E-state index contributed by atoms with van der Waals surface area (Å²) in [5.41, 5.74) is 0. The molecular weight excluding hydrogens is 206 g/mol. The van der Waals surface area contributed by atoms with E-state index in [1.807, 2.05) is 6.07 Å². The van der Waals surface area contributed by atoms with Gasteiger partial charge in [0.2, 0.25) is 0 Å². The van der Waals surface area contributed by atoms with Gasteiger partial charge in [0, 0.05) is 0 Å². The van der Waals surface area contributed by atoms with E-state index in [1.165, 1.54) is 32.8 Å². The number of hydrogen-bond acceptors (Lipinski definition) is 4. The van der Waals surface area contributed by atoms with Gasteiger partial charge in [-0.05, 0) is 12.8 Å². The van der Waals surface area contributed by atoms with Gasteiger partial charge in [0.05, 0.1) is 7.11 Å². The predicted octanol–water partition coefficient (Wildman–Crippen LogP) is 3.41. The Morgan fingerprint density at radius 3 is 2.44 bits per heavy atom. The second-order valence-corrected chi connectivity index (χ2v) is 3.75. The number of hydrogen-bond donors (Lipinski definition) is 0. The zero-order chi connectivity index (χ0) is 12.2. The Morgan fingerprint density at radius 1 is 1.25 bits per heavy atom. The summed E-state index contributed by atoms with van der Waals surface area (Å²) in [7, 11) is 1.24. The molecule has 0 rings (SSSR count). The molecule has 0 spiro atoms. The molecule has 0 aliphatic heterocycles. The predicted molar refractivity (Wildman–Crippen MR) is 60.9 cm³/mol. The lowest BCUT2D eigenvalue weighted by molar-refractivity contribution is 0.0515. The molecule has 1 unspecified atom stereocenters. The van der Waals surface area contributed by atoms with Crippen LogP contribution < -0.4 is 0 Å². The second-order valence-electron chi connectivity index (χ2n) is 3.75. The first-order valence-electron chi connectivity index (χ1n) is 5.88. The molecule has 4 heteroatoms. The lowest BCUT2D eigenvalue weighted by Gasteiger charge is -2.09. The van der Waals surface area contributed by atoms with Crippen LogP contribution in [0.15, 0.2) is 0 Å². The van der Waals surface area contributed by atoms with Crippen LogP contribution in [0.4, 0.5) is 4.79 Å². The van der Waals surface area contributed by atoms with E-state index in [-0.39, 0.29) is 0 Å². The Morgan fingerprint density at radius 2 is 1.88 bits per heavy atom. The van der Waals surface area contributed by atoms with Crippen molar-refractivity contribution in [1.82, 2.24) is 0 Å². The number of nitrogens with zero attached hydrogens (tertiary/aromatic N) is 1. The van der Waals surface area contributed by atoms with Crippen molar-refractivity contribution in [2.24, 2.45) is 0 Å². The molecule has 0 aromatic heterocycles. The third-order valence-corrected chi connectivity index (χ3v) is 2.37. The molecule has 0 bridgehead atoms. The van der Waals surface area contributed by atoms with Crippen molar-refractivity contribution < 1.29 is 14.3 Å². The van der Waals surface area contributed by atoms with E-state index >= 15 is 0 Å². The van der Waals surface area contributed by atoms with Gasteiger partial charge in [-0.1, -0.05) is 39.0 Å². The summed E-state index contributed by atoms with van der Waals surface area (Å²) in [6.45, 7) is 2.18. The molecule has 0 radical (unpaired) electrons. The summed E-state index contributed by atoms with van der Waals surface area (Å²) < 4.78 is 9.08. The van der Waals surface area contributed by atoms with E-state index in [0.29, 0.717) is 6.42 Å². The van der Waals surface area contributed by atoms with Crippen LogP contribution in [-0.2, 0) is 9.47 Å². The minimum absolute atomic E-state index is 0.595. The molecule has 16 heavy (non-hydrogen) atoms. The monoisotopic (exact) mass is 227 g/mol. The fourth-order valence-electron chi connectivity index (χ4n) is 1.42. The van der Waals surface area contributed by atoms with Crippen LogP contribution in [0.2, 0.25) is 0 Å². The Kier molecular flexibility index (Phi) is 9.49. The molecule has 0 saturated carbocycles. The molecule has 92 valence electrons. The molecule has 0 fully saturated rings. The van der Waals surface area contributed by atoms with Crippen molar-refractivity contribution in [2.75, 3.05) is 7.11 Å². The first-order valence-corrected chi connectivity index (χ1v) is 5.88. The first-order chi connectivity index (χ1) is 7.74.